The van der Waals surface area contributed by atoms with Crippen molar-refractivity contribution in [3.63, 3.8) is 0 Å². The molecule has 0 heterocycles. The summed E-state index contributed by atoms with van der Waals surface area (Å²) < 4.78 is 0. The largest absolute Gasteiger partial charge is 0.240 e. The smallest absolute Gasteiger partial charge is 0.211 e. The highest BCUT2D eigenvalue weighted by atomic mass is 16.1. The number of carbonyl (C=O) groups excluding carboxylic acids is 1. The van der Waals surface area contributed by atoms with Crippen LogP contribution in [0.15, 0.2) is 28.9 Å². The molecule has 0 amide bonds. The lowest BCUT2D eigenvalue weighted by Gasteiger charge is -2.45. The van der Waals surface area contributed by atoms with Gasteiger partial charge in [-0.15, -0.1) is 0 Å². The van der Waals surface area contributed by atoms with Crippen LogP contribution in [0, 0.1) is 23.7 Å². The molecule has 3 rings (SSSR count). The van der Waals surface area contributed by atoms with Gasteiger partial charge in [0.1, 0.15) is 0 Å². The number of hydrogen-bond donors (Lipinski definition) is 0. The van der Waals surface area contributed by atoms with Crippen molar-refractivity contribution in [1.29, 1.82) is 0 Å². The van der Waals surface area contributed by atoms with E-state index in [-0.39, 0.29) is 0 Å². The second-order valence-electron chi connectivity index (χ2n) is 4.03. The Bertz CT molecular complexity index is 313. The minimum atomic E-state index is 0.590. The second-order valence-corrected chi connectivity index (χ2v) is 4.03. The maximum Gasteiger partial charge on any atom is 0.240 e. The van der Waals surface area contributed by atoms with E-state index in [9.17, 15) is 4.79 Å². The predicted octanol–water partition coefficient (Wildman–Crippen LogP) is 2.29. The summed E-state index contributed by atoms with van der Waals surface area (Å²) in [5, 5.41) is 0. The van der Waals surface area contributed by atoms with Crippen molar-refractivity contribution < 1.29 is 4.79 Å². The zero-order chi connectivity index (χ0) is 9.42. The van der Waals surface area contributed by atoms with Crippen LogP contribution in [-0.4, -0.2) is 6.08 Å². The molecule has 13 heavy (non-hydrogen) atoms. The summed E-state index contributed by atoms with van der Waals surface area (Å²) in [5.74, 6) is 2.66. The number of fused-ring (bicyclic) bond motifs is 1. The molecule has 3 aliphatic carbocycles. The van der Waals surface area contributed by atoms with E-state index in [2.05, 4.69) is 31.0 Å². The van der Waals surface area contributed by atoms with Crippen LogP contribution in [0.1, 0.15) is 13.8 Å². The van der Waals surface area contributed by atoms with Crippen LogP contribution in [0.3, 0.4) is 0 Å². The summed E-state index contributed by atoms with van der Waals surface area (Å²) in [5.41, 5.74) is 0.777. The standard InChI is InChI=1S/C11H13NO/c1-7-10-4-3-9(12-6-13)5-11(7)8(10)2/h3-5,7-8,10-11H,1-2H3. The van der Waals surface area contributed by atoms with Crippen LogP contribution in [0.25, 0.3) is 0 Å². The molecule has 0 N–H and O–H groups in total. The first-order valence-electron chi connectivity index (χ1n) is 4.72. The van der Waals surface area contributed by atoms with Gasteiger partial charge in [0, 0.05) is 0 Å². The van der Waals surface area contributed by atoms with Crippen LogP contribution >= 0.6 is 0 Å². The van der Waals surface area contributed by atoms with Gasteiger partial charge in [-0.2, -0.15) is 4.99 Å². The lowest BCUT2D eigenvalue weighted by Crippen LogP contribution is -2.40. The van der Waals surface area contributed by atoms with Crippen LogP contribution in [-0.2, 0) is 4.79 Å². The van der Waals surface area contributed by atoms with Crippen molar-refractivity contribution in [3.8, 4) is 0 Å². The Kier molecular flexibility index (Phi) is 1.93. The molecule has 2 heteroatoms. The Hall–Kier alpha value is -1.14. The number of nitrogens with zero attached hydrogens (tertiary/aromatic N) is 1. The third kappa shape index (κ3) is 1.18. The molecule has 68 valence electrons. The van der Waals surface area contributed by atoms with Gasteiger partial charge in [0.25, 0.3) is 0 Å². The first-order chi connectivity index (χ1) is 6.24. The Balaban J connectivity index is 2.31. The molecule has 1 saturated carbocycles. The Morgan fingerprint density at radius 1 is 1.31 bits per heavy atom. The average Bonchev–Trinajstić information content (AvgIpc) is 2.38. The number of rotatable bonds is 1. The molecule has 0 aromatic carbocycles. The Labute approximate surface area is 78.1 Å². The summed E-state index contributed by atoms with van der Waals surface area (Å²) in [6.07, 6.45) is 7.80. The van der Waals surface area contributed by atoms with Gasteiger partial charge in [0.2, 0.25) is 6.08 Å². The molecule has 2 unspecified atom stereocenters. The first-order valence-corrected chi connectivity index (χ1v) is 4.72. The molecule has 2 nitrogen and oxygen atoms in total. The predicted molar refractivity (Wildman–Crippen MR) is 50.7 cm³/mol. The van der Waals surface area contributed by atoms with E-state index in [1.54, 1.807) is 6.08 Å². The third-order valence-corrected chi connectivity index (χ3v) is 3.46. The summed E-state index contributed by atoms with van der Waals surface area (Å²) in [7, 11) is 0. The van der Waals surface area contributed by atoms with Gasteiger partial charge in [-0.05, 0) is 29.7 Å². The van der Waals surface area contributed by atoms with Crippen molar-refractivity contribution in [3.05, 3.63) is 23.9 Å². The van der Waals surface area contributed by atoms with Gasteiger partial charge >= 0.3 is 0 Å². The van der Waals surface area contributed by atoms with Crippen molar-refractivity contribution in [2.24, 2.45) is 28.7 Å². The fourth-order valence-corrected chi connectivity index (χ4v) is 2.57. The third-order valence-electron chi connectivity index (χ3n) is 3.46. The van der Waals surface area contributed by atoms with Crippen molar-refractivity contribution in [2.75, 3.05) is 0 Å². The Morgan fingerprint density at radius 3 is 2.62 bits per heavy atom. The second kappa shape index (κ2) is 2.97. The normalized spacial score (nSPS) is 41.2. The summed E-state index contributed by atoms with van der Waals surface area (Å²) in [4.78, 5) is 13.8. The molecular weight excluding hydrogens is 162 g/mol. The molecule has 2 bridgehead atoms. The van der Waals surface area contributed by atoms with Crippen molar-refractivity contribution in [1.82, 2.24) is 0 Å². The Morgan fingerprint density at radius 2 is 2.00 bits per heavy atom. The lowest BCUT2D eigenvalue weighted by molar-refractivity contribution is 0.0770. The SMILES string of the molecule is CC1C2C=CC(N=C=O)=CC1C2C. The van der Waals surface area contributed by atoms with E-state index in [0.717, 1.165) is 5.70 Å². The van der Waals surface area contributed by atoms with E-state index >= 15 is 0 Å². The molecule has 0 spiro atoms. The van der Waals surface area contributed by atoms with Crippen molar-refractivity contribution in [2.45, 2.75) is 13.8 Å². The fraction of sp³-hybridized carbons (Fsp3) is 0.545. The zero-order valence-electron chi connectivity index (χ0n) is 7.90. The van der Waals surface area contributed by atoms with Gasteiger partial charge in [0.15, 0.2) is 0 Å². The molecule has 1 fully saturated rings. The van der Waals surface area contributed by atoms with E-state index in [1.165, 1.54) is 0 Å². The van der Waals surface area contributed by atoms with Gasteiger partial charge in [-0.3, -0.25) is 0 Å². The minimum Gasteiger partial charge on any atom is -0.211 e. The number of allylic oxidation sites excluding steroid dienone is 3. The van der Waals surface area contributed by atoms with Crippen LogP contribution in [0.2, 0.25) is 0 Å². The highest BCUT2D eigenvalue weighted by Gasteiger charge is 2.43. The monoisotopic (exact) mass is 175 g/mol. The topological polar surface area (TPSA) is 29.4 Å². The minimum absolute atomic E-state index is 0.590. The number of isocyanates is 1. The molecule has 3 aliphatic rings. The highest BCUT2D eigenvalue weighted by Crippen LogP contribution is 2.49. The van der Waals surface area contributed by atoms with E-state index < -0.39 is 0 Å². The summed E-state index contributed by atoms with van der Waals surface area (Å²) in [6.45, 7) is 4.51. The van der Waals surface area contributed by atoms with Crippen LogP contribution < -0.4 is 0 Å². The van der Waals surface area contributed by atoms with E-state index in [0.29, 0.717) is 23.7 Å². The first kappa shape index (κ1) is 8.46. The number of aliphatic imine (C=N–C) groups is 1. The lowest BCUT2D eigenvalue weighted by atomic mass is 9.59. The van der Waals surface area contributed by atoms with Crippen molar-refractivity contribution >= 4 is 6.08 Å². The average molecular weight is 175 g/mol. The van der Waals surface area contributed by atoms with Gasteiger partial charge in [-0.25, -0.2) is 4.79 Å². The van der Waals surface area contributed by atoms with Gasteiger partial charge in [0.05, 0.1) is 5.70 Å². The maximum atomic E-state index is 10.1. The van der Waals surface area contributed by atoms with Crippen LogP contribution in [0.4, 0.5) is 0 Å². The maximum absolute atomic E-state index is 10.1. The number of hydrogen-bond acceptors (Lipinski definition) is 2. The molecule has 0 aromatic rings. The molecule has 0 aliphatic heterocycles. The fourth-order valence-electron chi connectivity index (χ4n) is 2.57. The van der Waals surface area contributed by atoms with E-state index in [1.807, 2.05) is 6.08 Å². The molecule has 0 saturated heterocycles. The molecular formula is C11H13NO. The van der Waals surface area contributed by atoms with Crippen LogP contribution in [0.5, 0.6) is 0 Å². The highest BCUT2D eigenvalue weighted by molar-refractivity contribution is 5.41. The van der Waals surface area contributed by atoms with Gasteiger partial charge < -0.3 is 0 Å². The molecule has 0 aromatic heterocycles. The van der Waals surface area contributed by atoms with E-state index in [4.69, 9.17) is 0 Å². The summed E-state index contributed by atoms with van der Waals surface area (Å²) >= 11 is 0. The van der Waals surface area contributed by atoms with Gasteiger partial charge in [-0.1, -0.05) is 26.0 Å². The molecule has 2 atom stereocenters. The quantitative estimate of drug-likeness (QED) is 0.444. The summed E-state index contributed by atoms with van der Waals surface area (Å²) in [6, 6.07) is 0. The molecule has 0 radical (unpaired) electrons. The zero-order valence-corrected chi connectivity index (χ0v) is 7.90.